The Kier molecular flexibility index (Phi) is 5.84. The minimum absolute atomic E-state index is 0.00921. The molecule has 3 rings (SSSR count). The molecule has 0 N–H and O–H groups in total. The molecule has 0 aliphatic carbocycles. The van der Waals surface area contributed by atoms with E-state index < -0.39 is 17.5 Å². The molecule has 0 bridgehead atoms. The highest BCUT2D eigenvalue weighted by molar-refractivity contribution is 5.66. The van der Waals surface area contributed by atoms with Gasteiger partial charge in [-0.2, -0.15) is 0 Å². The zero-order valence-corrected chi connectivity index (χ0v) is 14.7. The quantitative estimate of drug-likeness (QED) is 0.742. The molecular weight excluding hydrogens is 345 g/mol. The summed E-state index contributed by atoms with van der Waals surface area (Å²) in [7, 11) is 1.41. The summed E-state index contributed by atoms with van der Waals surface area (Å²) >= 11 is 0. The van der Waals surface area contributed by atoms with Gasteiger partial charge in [0.2, 0.25) is 0 Å². The van der Waals surface area contributed by atoms with E-state index in [-0.39, 0.29) is 35.5 Å². The highest BCUT2D eigenvalue weighted by Crippen LogP contribution is 2.35. The van der Waals surface area contributed by atoms with E-state index >= 15 is 0 Å². The molecule has 1 saturated heterocycles. The van der Waals surface area contributed by atoms with Crippen molar-refractivity contribution in [3.8, 4) is 16.9 Å². The molecule has 2 atom stereocenters. The summed E-state index contributed by atoms with van der Waals surface area (Å²) in [5.41, 5.74) is 0.121. The molecule has 140 valence electrons. The summed E-state index contributed by atoms with van der Waals surface area (Å²) in [5.74, 6) is -2.63. The zero-order chi connectivity index (χ0) is 18.7. The van der Waals surface area contributed by atoms with Crippen LogP contribution in [0.4, 0.5) is 13.2 Å². The van der Waals surface area contributed by atoms with Crippen LogP contribution in [0.3, 0.4) is 0 Å². The fourth-order valence-corrected chi connectivity index (χ4v) is 3.22. The number of methoxy groups -OCH3 is 1. The van der Waals surface area contributed by atoms with Crippen molar-refractivity contribution in [2.75, 3.05) is 20.3 Å². The van der Waals surface area contributed by atoms with Crippen LogP contribution < -0.4 is 4.74 Å². The first-order valence-corrected chi connectivity index (χ1v) is 8.60. The molecule has 2 aromatic rings. The van der Waals surface area contributed by atoms with Crippen molar-refractivity contribution >= 4 is 0 Å². The van der Waals surface area contributed by atoms with Gasteiger partial charge in [-0.15, -0.1) is 0 Å². The van der Waals surface area contributed by atoms with Gasteiger partial charge in [0.25, 0.3) is 0 Å². The summed E-state index contributed by atoms with van der Waals surface area (Å²) in [6.45, 7) is 2.68. The van der Waals surface area contributed by atoms with Gasteiger partial charge in [-0.1, -0.05) is 12.1 Å². The summed E-state index contributed by atoms with van der Waals surface area (Å²) in [5, 5.41) is 0. The van der Waals surface area contributed by atoms with Gasteiger partial charge < -0.3 is 14.2 Å². The molecule has 1 aliphatic heterocycles. The van der Waals surface area contributed by atoms with Crippen molar-refractivity contribution in [2.24, 2.45) is 0 Å². The van der Waals surface area contributed by atoms with Crippen LogP contribution in [0.1, 0.15) is 31.2 Å². The molecule has 0 aromatic heterocycles. The molecule has 1 fully saturated rings. The Morgan fingerprint density at radius 2 is 1.81 bits per heavy atom. The van der Waals surface area contributed by atoms with E-state index in [0.29, 0.717) is 25.2 Å². The van der Waals surface area contributed by atoms with Crippen LogP contribution in [0.15, 0.2) is 30.3 Å². The lowest BCUT2D eigenvalue weighted by Gasteiger charge is -2.29. The topological polar surface area (TPSA) is 27.7 Å². The summed E-state index contributed by atoms with van der Waals surface area (Å²) in [4.78, 5) is 0. The molecule has 0 saturated carbocycles. The van der Waals surface area contributed by atoms with Crippen molar-refractivity contribution in [2.45, 2.75) is 32.0 Å². The average molecular weight is 366 g/mol. The van der Waals surface area contributed by atoms with Gasteiger partial charge in [-0.3, -0.25) is 0 Å². The van der Waals surface area contributed by atoms with E-state index in [4.69, 9.17) is 14.2 Å². The summed E-state index contributed by atoms with van der Waals surface area (Å²) in [6, 6.07) is 6.94. The molecule has 2 unspecified atom stereocenters. The van der Waals surface area contributed by atoms with E-state index in [0.717, 1.165) is 6.07 Å². The van der Waals surface area contributed by atoms with E-state index in [1.807, 2.05) is 6.92 Å². The largest absolute Gasteiger partial charge is 0.497 e. The minimum Gasteiger partial charge on any atom is -0.497 e. The van der Waals surface area contributed by atoms with Crippen molar-refractivity contribution in [3.05, 3.63) is 53.3 Å². The number of hydrogen-bond donors (Lipinski definition) is 0. The predicted octanol–water partition coefficient (Wildman–Crippen LogP) is 5.04. The van der Waals surface area contributed by atoms with Gasteiger partial charge in [0.15, 0.2) is 17.9 Å². The Labute approximate surface area is 150 Å². The molecular formula is C20H21F3O3. The second-order valence-corrected chi connectivity index (χ2v) is 6.17. The lowest BCUT2D eigenvalue weighted by Crippen LogP contribution is -2.27. The maximum atomic E-state index is 14.6. The van der Waals surface area contributed by atoms with Crippen molar-refractivity contribution in [1.29, 1.82) is 0 Å². The number of hydrogen-bond acceptors (Lipinski definition) is 3. The van der Waals surface area contributed by atoms with Crippen LogP contribution >= 0.6 is 0 Å². The molecule has 26 heavy (non-hydrogen) atoms. The Morgan fingerprint density at radius 3 is 2.42 bits per heavy atom. The summed E-state index contributed by atoms with van der Waals surface area (Å²) < 4.78 is 59.3. The number of rotatable bonds is 5. The van der Waals surface area contributed by atoms with E-state index in [1.54, 1.807) is 0 Å². The van der Waals surface area contributed by atoms with Gasteiger partial charge in [0.05, 0.1) is 13.7 Å². The lowest BCUT2D eigenvalue weighted by atomic mass is 9.90. The number of halogens is 3. The molecule has 1 aliphatic rings. The maximum absolute atomic E-state index is 14.6. The van der Waals surface area contributed by atoms with Gasteiger partial charge >= 0.3 is 0 Å². The SMILES string of the molecule is CCOC1CCC(c2ccc(-c3ccc(OC)cc3F)c(F)c2F)CO1. The van der Waals surface area contributed by atoms with E-state index in [2.05, 4.69) is 0 Å². The molecule has 3 nitrogen and oxygen atoms in total. The van der Waals surface area contributed by atoms with E-state index in [1.165, 1.54) is 31.4 Å². The van der Waals surface area contributed by atoms with Gasteiger partial charge in [-0.05, 0) is 37.5 Å². The smallest absolute Gasteiger partial charge is 0.167 e. The molecule has 0 amide bonds. The second-order valence-electron chi connectivity index (χ2n) is 6.17. The maximum Gasteiger partial charge on any atom is 0.167 e. The average Bonchev–Trinajstić information content (AvgIpc) is 2.65. The normalized spacial score (nSPS) is 20.2. The first-order chi connectivity index (χ1) is 12.5. The first kappa shape index (κ1) is 18.7. The number of ether oxygens (including phenoxy) is 3. The van der Waals surface area contributed by atoms with Crippen LogP contribution in [0, 0.1) is 17.5 Å². The van der Waals surface area contributed by atoms with Crippen LogP contribution in [-0.2, 0) is 9.47 Å². The van der Waals surface area contributed by atoms with Crippen LogP contribution in [0.25, 0.3) is 11.1 Å². The van der Waals surface area contributed by atoms with Gasteiger partial charge in [0.1, 0.15) is 11.6 Å². The Morgan fingerprint density at radius 1 is 1.04 bits per heavy atom. The zero-order valence-electron chi connectivity index (χ0n) is 14.7. The standard InChI is InChI=1S/C20H21F3O3/c1-3-25-18-9-4-12(11-26-18)14-7-8-16(20(23)19(14)22)15-6-5-13(24-2)10-17(15)21/h5-8,10,12,18H,3-4,9,11H2,1-2H3. The molecule has 0 radical (unpaired) electrons. The molecule has 6 heteroatoms. The highest BCUT2D eigenvalue weighted by atomic mass is 19.2. The lowest BCUT2D eigenvalue weighted by molar-refractivity contribution is -0.164. The third-order valence-corrected chi connectivity index (χ3v) is 4.61. The van der Waals surface area contributed by atoms with Crippen LogP contribution in [0.5, 0.6) is 5.75 Å². The Balaban J connectivity index is 1.85. The van der Waals surface area contributed by atoms with Crippen LogP contribution in [0.2, 0.25) is 0 Å². The minimum atomic E-state index is -1.06. The number of benzene rings is 2. The third kappa shape index (κ3) is 3.71. The first-order valence-electron chi connectivity index (χ1n) is 8.60. The predicted molar refractivity (Wildman–Crippen MR) is 91.6 cm³/mol. The molecule has 1 heterocycles. The van der Waals surface area contributed by atoms with Gasteiger partial charge in [-0.25, -0.2) is 13.2 Å². The Bertz CT molecular complexity index is 771. The Hall–Kier alpha value is -2.05. The summed E-state index contributed by atoms with van der Waals surface area (Å²) in [6.07, 6.45) is 0.961. The monoisotopic (exact) mass is 366 g/mol. The molecule has 2 aromatic carbocycles. The highest BCUT2D eigenvalue weighted by Gasteiger charge is 2.27. The fraction of sp³-hybridized carbons (Fsp3) is 0.400. The second kappa shape index (κ2) is 8.10. The van der Waals surface area contributed by atoms with Crippen molar-refractivity contribution in [1.82, 2.24) is 0 Å². The van der Waals surface area contributed by atoms with E-state index in [9.17, 15) is 13.2 Å². The van der Waals surface area contributed by atoms with Crippen molar-refractivity contribution < 1.29 is 27.4 Å². The third-order valence-electron chi connectivity index (χ3n) is 4.61. The van der Waals surface area contributed by atoms with Gasteiger partial charge in [0, 0.05) is 29.7 Å². The molecule has 0 spiro atoms. The van der Waals surface area contributed by atoms with Crippen molar-refractivity contribution in [3.63, 3.8) is 0 Å². The fourth-order valence-electron chi connectivity index (χ4n) is 3.22. The van der Waals surface area contributed by atoms with Crippen LogP contribution in [-0.4, -0.2) is 26.6 Å².